The number of aliphatic carboxylic acids is 1. The Morgan fingerprint density at radius 2 is 1.70 bits per heavy atom. The number of rotatable bonds is 6. The normalized spacial score (nSPS) is 15.7. The Labute approximate surface area is 117 Å². The average molecular weight is 274 g/mol. The molecule has 2 rings (SSSR count). The van der Waals surface area contributed by atoms with E-state index in [9.17, 15) is 4.79 Å². The zero-order valence-corrected chi connectivity index (χ0v) is 11.7. The summed E-state index contributed by atoms with van der Waals surface area (Å²) in [6, 6.07) is 6.07. The summed E-state index contributed by atoms with van der Waals surface area (Å²) < 4.78 is 0. The van der Waals surface area contributed by atoms with Crippen LogP contribution in [0.25, 0.3) is 0 Å². The Bertz CT molecular complexity index is 532. The molecule has 1 N–H and O–H groups in total. The molecule has 1 aromatic rings. The monoisotopic (exact) mass is 274 g/mol. The van der Waals surface area contributed by atoms with E-state index in [1.165, 1.54) is 0 Å². The molecule has 0 unspecified atom stereocenters. The molecule has 20 heavy (non-hydrogen) atoms. The van der Waals surface area contributed by atoms with Crippen molar-refractivity contribution in [2.24, 2.45) is 20.7 Å². The van der Waals surface area contributed by atoms with Crippen LogP contribution in [-0.2, 0) is 23.3 Å². The van der Waals surface area contributed by atoms with Gasteiger partial charge in [0.1, 0.15) is 0 Å². The summed E-state index contributed by atoms with van der Waals surface area (Å²) in [5, 5.41) is 24.5. The van der Waals surface area contributed by atoms with E-state index in [0.29, 0.717) is 0 Å². The molecule has 0 bridgehead atoms. The molecule has 1 aromatic carbocycles. The van der Waals surface area contributed by atoms with Gasteiger partial charge in [-0.1, -0.05) is 32.0 Å². The summed E-state index contributed by atoms with van der Waals surface area (Å²) in [6.45, 7) is 4.12. The second-order valence-electron chi connectivity index (χ2n) is 4.75. The Kier molecular flexibility index (Phi) is 4.22. The first-order chi connectivity index (χ1) is 9.63. The van der Waals surface area contributed by atoms with Gasteiger partial charge in [-0.2, -0.15) is 0 Å². The van der Waals surface area contributed by atoms with Crippen molar-refractivity contribution in [3.8, 4) is 0 Å². The highest BCUT2D eigenvalue weighted by Gasteiger charge is 2.39. The van der Waals surface area contributed by atoms with Crippen LogP contribution < -0.4 is 0 Å². The van der Waals surface area contributed by atoms with E-state index < -0.39 is 11.6 Å². The van der Waals surface area contributed by atoms with Crippen LogP contribution in [0.1, 0.15) is 43.4 Å². The van der Waals surface area contributed by atoms with Crippen molar-refractivity contribution in [1.82, 2.24) is 0 Å². The smallest absolute Gasteiger partial charge is 0.303 e. The van der Waals surface area contributed by atoms with Crippen molar-refractivity contribution < 1.29 is 9.90 Å². The molecule has 0 fully saturated rings. The molecule has 1 aliphatic heterocycles. The fourth-order valence-corrected chi connectivity index (χ4v) is 2.57. The summed E-state index contributed by atoms with van der Waals surface area (Å²) >= 11 is 0. The molecule has 0 aromatic heterocycles. The predicted molar refractivity (Wildman–Crippen MR) is 73.5 cm³/mol. The minimum absolute atomic E-state index is 0.0146. The van der Waals surface area contributed by atoms with Crippen LogP contribution in [0.15, 0.2) is 38.9 Å². The van der Waals surface area contributed by atoms with Gasteiger partial charge in [0, 0.05) is 18.4 Å². The van der Waals surface area contributed by atoms with Crippen LogP contribution in [-0.4, -0.2) is 11.1 Å². The maximum atomic E-state index is 10.9. The Morgan fingerprint density at radius 1 is 1.15 bits per heavy atom. The molecule has 0 amide bonds. The maximum absolute atomic E-state index is 10.9. The Morgan fingerprint density at radius 3 is 2.15 bits per heavy atom. The van der Waals surface area contributed by atoms with Crippen molar-refractivity contribution in [3.63, 3.8) is 0 Å². The number of nitrogens with zero attached hydrogens (tertiary/aromatic N) is 4. The van der Waals surface area contributed by atoms with Gasteiger partial charge in [0.05, 0.1) is 0 Å². The molecular formula is C14H18N4O2. The first-order valence-electron chi connectivity index (χ1n) is 6.80. The first-order valence-corrected chi connectivity index (χ1v) is 6.80. The van der Waals surface area contributed by atoms with Crippen molar-refractivity contribution in [1.29, 1.82) is 0 Å². The molecule has 0 saturated heterocycles. The predicted octanol–water partition coefficient (Wildman–Crippen LogP) is 3.66. The molecule has 1 heterocycles. The Balaban J connectivity index is 2.52. The lowest BCUT2D eigenvalue weighted by atomic mass is 9.85. The van der Waals surface area contributed by atoms with E-state index in [1.54, 1.807) is 0 Å². The standard InChI is InChI=1S/C14H18N4O2/c1-3-10-6-5-7-11(4-2)13(10)14(9-8-12(19)20)15-17-18-16-14/h5-7H,3-4,8-9H2,1-2H3,(H,19,20). The van der Waals surface area contributed by atoms with E-state index in [4.69, 9.17) is 5.11 Å². The number of carboxylic acids is 1. The van der Waals surface area contributed by atoms with Crippen LogP contribution in [0.4, 0.5) is 0 Å². The molecule has 0 aliphatic carbocycles. The fourth-order valence-electron chi connectivity index (χ4n) is 2.57. The van der Waals surface area contributed by atoms with Gasteiger partial charge in [0.2, 0.25) is 5.66 Å². The lowest BCUT2D eigenvalue weighted by Crippen LogP contribution is -2.24. The highest BCUT2D eigenvalue weighted by Crippen LogP contribution is 2.40. The van der Waals surface area contributed by atoms with Gasteiger partial charge in [-0.15, -0.1) is 10.2 Å². The van der Waals surface area contributed by atoms with E-state index in [-0.39, 0.29) is 12.8 Å². The van der Waals surface area contributed by atoms with Gasteiger partial charge in [0.25, 0.3) is 0 Å². The zero-order chi connectivity index (χ0) is 14.6. The SMILES string of the molecule is CCc1cccc(CC)c1C1(CCC(=O)O)N=NN=N1. The van der Waals surface area contributed by atoms with Crippen molar-refractivity contribution in [3.05, 3.63) is 34.9 Å². The largest absolute Gasteiger partial charge is 0.481 e. The van der Waals surface area contributed by atoms with Gasteiger partial charge in [-0.05, 0) is 34.4 Å². The molecule has 6 nitrogen and oxygen atoms in total. The Hall–Kier alpha value is -2.11. The first kappa shape index (κ1) is 14.3. The number of hydrogen-bond donors (Lipinski definition) is 1. The van der Waals surface area contributed by atoms with E-state index >= 15 is 0 Å². The minimum Gasteiger partial charge on any atom is -0.481 e. The van der Waals surface area contributed by atoms with Gasteiger partial charge in [-0.3, -0.25) is 4.79 Å². The molecule has 106 valence electrons. The summed E-state index contributed by atoms with van der Waals surface area (Å²) in [5.74, 6) is -0.867. The third-order valence-electron chi connectivity index (χ3n) is 3.55. The maximum Gasteiger partial charge on any atom is 0.303 e. The quantitative estimate of drug-likeness (QED) is 0.858. The fraction of sp³-hybridized carbons (Fsp3) is 0.500. The van der Waals surface area contributed by atoms with Gasteiger partial charge in [0.15, 0.2) is 0 Å². The average Bonchev–Trinajstić information content (AvgIpc) is 2.94. The number of aryl methyl sites for hydroxylation is 2. The molecule has 0 saturated carbocycles. The lowest BCUT2D eigenvalue weighted by molar-refractivity contribution is -0.137. The minimum atomic E-state index is -0.962. The lowest BCUT2D eigenvalue weighted by Gasteiger charge is -2.25. The number of carboxylic acid groups (broad SMARTS) is 1. The number of carbonyl (C=O) groups is 1. The number of benzene rings is 1. The van der Waals surface area contributed by atoms with Crippen LogP contribution in [0.2, 0.25) is 0 Å². The molecule has 6 heteroatoms. The highest BCUT2D eigenvalue weighted by molar-refractivity contribution is 5.67. The van der Waals surface area contributed by atoms with Gasteiger partial charge in [-0.25, -0.2) is 0 Å². The van der Waals surface area contributed by atoms with Gasteiger partial charge < -0.3 is 5.11 Å². The number of hydrogen-bond acceptors (Lipinski definition) is 5. The molecule has 0 spiro atoms. The summed E-state index contributed by atoms with van der Waals surface area (Å²) in [6.07, 6.45) is 1.94. The van der Waals surface area contributed by atoms with Crippen molar-refractivity contribution >= 4 is 5.97 Å². The van der Waals surface area contributed by atoms with E-state index in [0.717, 1.165) is 29.5 Å². The van der Waals surface area contributed by atoms with Crippen LogP contribution in [0.5, 0.6) is 0 Å². The van der Waals surface area contributed by atoms with Crippen molar-refractivity contribution in [2.75, 3.05) is 0 Å². The topological polar surface area (TPSA) is 86.7 Å². The summed E-state index contributed by atoms with van der Waals surface area (Å²) in [4.78, 5) is 10.9. The van der Waals surface area contributed by atoms with Crippen molar-refractivity contribution in [2.45, 2.75) is 45.2 Å². The second kappa shape index (κ2) is 5.90. The molecular weight excluding hydrogens is 256 g/mol. The van der Waals surface area contributed by atoms with E-state index in [1.807, 2.05) is 18.2 Å². The molecule has 0 atom stereocenters. The highest BCUT2D eigenvalue weighted by atomic mass is 16.4. The third-order valence-corrected chi connectivity index (χ3v) is 3.55. The van der Waals surface area contributed by atoms with Crippen LogP contribution >= 0.6 is 0 Å². The molecule has 0 radical (unpaired) electrons. The second-order valence-corrected chi connectivity index (χ2v) is 4.75. The van der Waals surface area contributed by atoms with Crippen LogP contribution in [0.3, 0.4) is 0 Å². The zero-order valence-electron chi connectivity index (χ0n) is 11.7. The third kappa shape index (κ3) is 2.59. The van der Waals surface area contributed by atoms with E-state index in [2.05, 4.69) is 34.5 Å². The van der Waals surface area contributed by atoms with Crippen LogP contribution in [0, 0.1) is 0 Å². The summed E-state index contributed by atoms with van der Waals surface area (Å²) in [5.41, 5.74) is 2.25. The van der Waals surface area contributed by atoms with Gasteiger partial charge >= 0.3 is 5.97 Å². The summed E-state index contributed by atoms with van der Waals surface area (Å²) in [7, 11) is 0. The molecule has 1 aliphatic rings.